The molecule has 0 saturated carbocycles. The van der Waals surface area contributed by atoms with E-state index in [0.29, 0.717) is 18.9 Å². The third-order valence-electron chi connectivity index (χ3n) is 2.48. The van der Waals surface area contributed by atoms with Crippen LogP contribution in [0.3, 0.4) is 0 Å². The molecule has 2 atom stereocenters. The van der Waals surface area contributed by atoms with Crippen molar-refractivity contribution in [2.45, 2.75) is 19.1 Å². The average molecular weight is 215 g/mol. The summed E-state index contributed by atoms with van der Waals surface area (Å²) in [5.74, 6) is 0.529. The van der Waals surface area contributed by atoms with Gasteiger partial charge in [-0.15, -0.1) is 0 Å². The number of aliphatic hydroxyl groups is 2. The van der Waals surface area contributed by atoms with E-state index < -0.39 is 12.2 Å². The number of β-amino-alcohol motifs (C(OH)–C–C–N with tert-alkyl or cyclic N) is 2. The fraction of sp³-hybridized carbons (Fsp3) is 0.625. The molecule has 1 fully saturated rings. The molecule has 0 amide bonds. The van der Waals surface area contributed by atoms with Crippen molar-refractivity contribution in [1.82, 2.24) is 4.37 Å². The van der Waals surface area contributed by atoms with Crippen molar-refractivity contribution in [3.63, 3.8) is 0 Å². The number of nitrogens with zero attached hydrogens (tertiary/aromatic N) is 2. The van der Waals surface area contributed by atoms with Crippen LogP contribution < -0.4 is 10.6 Å². The number of aliphatic hydroxyl groups excluding tert-OH is 2. The van der Waals surface area contributed by atoms with Crippen LogP contribution in [-0.4, -0.2) is 39.9 Å². The van der Waals surface area contributed by atoms with Gasteiger partial charge >= 0.3 is 0 Å². The minimum absolute atomic E-state index is 0.448. The lowest BCUT2D eigenvalue weighted by Gasteiger charge is -2.15. The van der Waals surface area contributed by atoms with Gasteiger partial charge in [-0.3, -0.25) is 0 Å². The zero-order chi connectivity index (χ0) is 10.3. The zero-order valence-corrected chi connectivity index (χ0v) is 8.66. The molecular formula is C8H13N3O2S. The molecule has 0 aliphatic carbocycles. The monoisotopic (exact) mass is 215 g/mol. The molecule has 2 heterocycles. The molecular weight excluding hydrogens is 202 g/mol. The Balaban J connectivity index is 2.21. The van der Waals surface area contributed by atoms with Gasteiger partial charge in [0.05, 0.1) is 12.2 Å². The Morgan fingerprint density at radius 2 is 2.00 bits per heavy atom. The van der Waals surface area contributed by atoms with Gasteiger partial charge in [-0.1, -0.05) is 0 Å². The Labute approximate surface area is 85.9 Å². The van der Waals surface area contributed by atoms with Crippen LogP contribution in [0.2, 0.25) is 0 Å². The summed E-state index contributed by atoms with van der Waals surface area (Å²) in [5.41, 5.74) is 6.55. The molecule has 0 radical (unpaired) electrons. The van der Waals surface area contributed by atoms with Gasteiger partial charge in [0.25, 0.3) is 0 Å². The van der Waals surface area contributed by atoms with Gasteiger partial charge in [-0.2, -0.15) is 4.37 Å². The fourth-order valence-corrected chi connectivity index (χ4v) is 2.40. The largest absolute Gasteiger partial charge is 0.389 e. The van der Waals surface area contributed by atoms with E-state index in [1.54, 1.807) is 0 Å². The highest BCUT2D eigenvalue weighted by atomic mass is 32.1. The van der Waals surface area contributed by atoms with Crippen molar-refractivity contribution in [3.05, 3.63) is 5.56 Å². The van der Waals surface area contributed by atoms with Gasteiger partial charge in [0.2, 0.25) is 0 Å². The van der Waals surface area contributed by atoms with E-state index in [1.807, 2.05) is 11.8 Å². The second-order valence-corrected chi connectivity index (χ2v) is 4.29. The molecule has 5 nitrogen and oxygen atoms in total. The minimum Gasteiger partial charge on any atom is -0.389 e. The summed E-state index contributed by atoms with van der Waals surface area (Å²) in [6.07, 6.45) is -1.34. The molecule has 1 saturated heterocycles. The second-order valence-electron chi connectivity index (χ2n) is 3.54. The Morgan fingerprint density at radius 1 is 1.43 bits per heavy atom. The van der Waals surface area contributed by atoms with Crippen molar-refractivity contribution in [2.75, 3.05) is 23.7 Å². The summed E-state index contributed by atoms with van der Waals surface area (Å²) in [5, 5.41) is 19.7. The molecule has 1 aromatic rings. The van der Waals surface area contributed by atoms with E-state index in [-0.39, 0.29) is 0 Å². The third-order valence-corrected chi connectivity index (χ3v) is 3.51. The quantitative estimate of drug-likeness (QED) is 0.592. The first-order chi connectivity index (χ1) is 6.59. The van der Waals surface area contributed by atoms with Crippen LogP contribution in [0.5, 0.6) is 0 Å². The Kier molecular flexibility index (Phi) is 2.34. The minimum atomic E-state index is -0.669. The molecule has 4 N–H and O–H groups in total. The normalized spacial score (nSPS) is 27.2. The van der Waals surface area contributed by atoms with Gasteiger partial charge in [0.15, 0.2) is 0 Å². The molecule has 14 heavy (non-hydrogen) atoms. The highest BCUT2D eigenvalue weighted by Crippen LogP contribution is 2.31. The highest BCUT2D eigenvalue weighted by molar-refractivity contribution is 7.10. The number of aromatic nitrogens is 1. The van der Waals surface area contributed by atoms with E-state index in [4.69, 9.17) is 5.73 Å². The summed E-state index contributed by atoms with van der Waals surface area (Å²) < 4.78 is 4.03. The first kappa shape index (κ1) is 9.70. The molecule has 2 unspecified atom stereocenters. The number of nitrogen functional groups attached to an aromatic ring is 1. The van der Waals surface area contributed by atoms with Crippen molar-refractivity contribution < 1.29 is 10.2 Å². The molecule has 6 heteroatoms. The summed E-state index contributed by atoms with van der Waals surface area (Å²) in [4.78, 5) is 1.92. The van der Waals surface area contributed by atoms with Gasteiger partial charge in [-0.05, 0) is 18.5 Å². The van der Waals surface area contributed by atoms with E-state index in [0.717, 1.165) is 10.6 Å². The van der Waals surface area contributed by atoms with E-state index in [1.165, 1.54) is 11.5 Å². The lowest BCUT2D eigenvalue weighted by Crippen LogP contribution is -2.22. The molecule has 0 aromatic carbocycles. The average Bonchev–Trinajstić information content (AvgIpc) is 2.61. The summed E-state index contributed by atoms with van der Waals surface area (Å²) >= 11 is 1.31. The van der Waals surface area contributed by atoms with E-state index >= 15 is 0 Å². The van der Waals surface area contributed by atoms with Crippen molar-refractivity contribution in [2.24, 2.45) is 0 Å². The summed E-state index contributed by atoms with van der Waals surface area (Å²) in [6, 6.07) is 0. The van der Waals surface area contributed by atoms with Gasteiger partial charge in [0, 0.05) is 18.7 Å². The van der Waals surface area contributed by atoms with Crippen molar-refractivity contribution in [3.8, 4) is 0 Å². The lowest BCUT2D eigenvalue weighted by molar-refractivity contribution is 0.0572. The van der Waals surface area contributed by atoms with Crippen LogP contribution in [0.25, 0.3) is 0 Å². The number of hydrogen-bond acceptors (Lipinski definition) is 6. The van der Waals surface area contributed by atoms with Gasteiger partial charge in [0.1, 0.15) is 10.8 Å². The van der Waals surface area contributed by atoms with Crippen LogP contribution in [0.4, 0.5) is 10.8 Å². The number of rotatable bonds is 1. The molecule has 2 rings (SSSR count). The van der Waals surface area contributed by atoms with Crippen LogP contribution in [0.1, 0.15) is 5.56 Å². The van der Waals surface area contributed by atoms with Crippen LogP contribution in [0.15, 0.2) is 0 Å². The molecule has 0 bridgehead atoms. The molecule has 0 spiro atoms. The van der Waals surface area contributed by atoms with Crippen molar-refractivity contribution >= 4 is 22.4 Å². The van der Waals surface area contributed by atoms with Crippen LogP contribution in [-0.2, 0) is 0 Å². The number of hydrogen-bond donors (Lipinski definition) is 3. The predicted octanol–water partition coefficient (Wildman–Crippen LogP) is -0.424. The number of nitrogens with two attached hydrogens (primary N) is 1. The molecule has 78 valence electrons. The molecule has 1 aliphatic heterocycles. The summed E-state index contributed by atoms with van der Waals surface area (Å²) in [6.45, 7) is 2.79. The Morgan fingerprint density at radius 3 is 2.43 bits per heavy atom. The topological polar surface area (TPSA) is 82.6 Å². The standard InChI is InChI=1S/C8H13N3O2S/c1-4-7(9)10-14-8(4)11-2-5(12)6(13)3-11/h5-6,12-13H,2-3H2,1H3,(H2,9,10). The summed E-state index contributed by atoms with van der Waals surface area (Å²) in [7, 11) is 0. The predicted molar refractivity (Wildman–Crippen MR) is 55.5 cm³/mol. The fourth-order valence-electron chi connectivity index (χ4n) is 1.57. The zero-order valence-electron chi connectivity index (χ0n) is 7.84. The maximum Gasteiger partial charge on any atom is 0.142 e. The Hall–Kier alpha value is -0.850. The van der Waals surface area contributed by atoms with Crippen molar-refractivity contribution in [1.29, 1.82) is 0 Å². The van der Waals surface area contributed by atoms with E-state index in [9.17, 15) is 10.2 Å². The van der Waals surface area contributed by atoms with Gasteiger partial charge < -0.3 is 20.8 Å². The third kappa shape index (κ3) is 1.45. The smallest absolute Gasteiger partial charge is 0.142 e. The number of anilines is 2. The highest BCUT2D eigenvalue weighted by Gasteiger charge is 2.31. The van der Waals surface area contributed by atoms with Crippen LogP contribution >= 0.6 is 11.5 Å². The Bertz CT molecular complexity index is 331. The van der Waals surface area contributed by atoms with E-state index in [2.05, 4.69) is 4.37 Å². The maximum absolute atomic E-state index is 9.39. The maximum atomic E-state index is 9.39. The SMILES string of the molecule is Cc1c(N)nsc1N1CC(O)C(O)C1. The second kappa shape index (κ2) is 3.38. The lowest BCUT2D eigenvalue weighted by atomic mass is 10.3. The first-order valence-electron chi connectivity index (χ1n) is 4.42. The molecule has 1 aromatic heterocycles. The first-order valence-corrected chi connectivity index (χ1v) is 5.19. The van der Waals surface area contributed by atoms with Gasteiger partial charge in [-0.25, -0.2) is 0 Å². The molecule has 1 aliphatic rings. The van der Waals surface area contributed by atoms with Crippen LogP contribution in [0, 0.1) is 6.92 Å².